The Morgan fingerprint density at radius 1 is 1.10 bits per heavy atom. The Kier molecular flexibility index (Phi) is 5.58. The van der Waals surface area contributed by atoms with Crippen molar-refractivity contribution in [3.05, 3.63) is 24.3 Å². The number of hydrogen-bond acceptors (Lipinski definition) is 3. The van der Waals surface area contributed by atoms with E-state index in [-0.39, 0.29) is 0 Å². The molecule has 1 fully saturated rings. The number of aliphatic imine (C=N–C) groups is 1. The van der Waals surface area contributed by atoms with Crippen LogP contribution in [0.1, 0.15) is 52.4 Å². The highest BCUT2D eigenvalue weighted by Crippen LogP contribution is 2.42. The largest absolute Gasteiger partial charge is 0.370 e. The van der Waals surface area contributed by atoms with E-state index in [0.717, 1.165) is 0 Å². The predicted molar refractivity (Wildman–Crippen MR) is 87.9 cm³/mol. The Labute approximate surface area is 128 Å². The molecule has 1 saturated heterocycles. The van der Waals surface area contributed by atoms with Crippen LogP contribution in [0, 0.1) is 5.41 Å². The van der Waals surface area contributed by atoms with Crippen molar-refractivity contribution in [2.45, 2.75) is 52.4 Å². The molecule has 0 bridgehead atoms. The second kappa shape index (κ2) is 7.42. The molecule has 0 N–H and O–H groups in total. The van der Waals surface area contributed by atoms with Gasteiger partial charge in [0.1, 0.15) is 0 Å². The quantitative estimate of drug-likeness (QED) is 0.506. The van der Waals surface area contributed by atoms with Crippen molar-refractivity contribution in [3.8, 4) is 0 Å². The Hall–Kier alpha value is -1.60. The summed E-state index contributed by atoms with van der Waals surface area (Å²) in [6, 6.07) is 7.89. The Morgan fingerprint density at radius 2 is 1.67 bits per heavy atom. The van der Waals surface area contributed by atoms with Crippen molar-refractivity contribution >= 4 is 17.5 Å². The van der Waals surface area contributed by atoms with Crippen molar-refractivity contribution in [1.82, 2.24) is 0 Å². The minimum atomic E-state index is 0.533. The zero-order valence-electron chi connectivity index (χ0n) is 13.3. The zero-order valence-corrected chi connectivity index (χ0v) is 13.3. The lowest BCUT2D eigenvalue weighted by Gasteiger charge is -2.52. The van der Waals surface area contributed by atoms with E-state index in [1.807, 2.05) is 12.1 Å². The maximum atomic E-state index is 10.2. The molecular formula is C18H26N2O. The van der Waals surface area contributed by atoms with Gasteiger partial charge in [-0.3, -0.25) is 0 Å². The van der Waals surface area contributed by atoms with Gasteiger partial charge in [-0.05, 0) is 37.1 Å². The molecule has 0 aliphatic carbocycles. The summed E-state index contributed by atoms with van der Waals surface area (Å²) in [6.07, 6.45) is 9.53. The average Bonchev–Trinajstić information content (AvgIpc) is 2.47. The molecule has 21 heavy (non-hydrogen) atoms. The fraction of sp³-hybridized carbons (Fsp3) is 0.611. The van der Waals surface area contributed by atoms with Crippen LogP contribution in [0.5, 0.6) is 0 Å². The van der Waals surface area contributed by atoms with Gasteiger partial charge in [-0.15, -0.1) is 0 Å². The number of rotatable bonds is 8. The zero-order chi connectivity index (χ0) is 15.1. The highest BCUT2D eigenvalue weighted by atomic mass is 16.1. The smallest absolute Gasteiger partial charge is 0.240 e. The number of hydrogen-bond donors (Lipinski definition) is 0. The van der Waals surface area contributed by atoms with Gasteiger partial charge in [0.2, 0.25) is 6.08 Å². The minimum Gasteiger partial charge on any atom is -0.370 e. The van der Waals surface area contributed by atoms with Gasteiger partial charge in [0.25, 0.3) is 0 Å². The third kappa shape index (κ3) is 3.95. The van der Waals surface area contributed by atoms with Gasteiger partial charge in [0, 0.05) is 24.2 Å². The SMILES string of the molecule is CCCCC1(CCCC)CN(c2ccc(N=C=O)cc2)C1. The highest BCUT2D eigenvalue weighted by molar-refractivity contribution is 5.57. The summed E-state index contributed by atoms with van der Waals surface area (Å²) in [7, 11) is 0. The Bertz CT molecular complexity index is 472. The number of benzene rings is 1. The first-order chi connectivity index (χ1) is 10.2. The lowest BCUT2D eigenvalue weighted by atomic mass is 9.71. The van der Waals surface area contributed by atoms with Crippen LogP contribution in [0.3, 0.4) is 0 Å². The number of nitrogens with zero attached hydrogens (tertiary/aromatic N) is 2. The van der Waals surface area contributed by atoms with Crippen LogP contribution in [-0.2, 0) is 4.79 Å². The van der Waals surface area contributed by atoms with Crippen LogP contribution in [0.2, 0.25) is 0 Å². The first-order valence-electron chi connectivity index (χ1n) is 8.16. The van der Waals surface area contributed by atoms with Gasteiger partial charge in [-0.25, -0.2) is 4.79 Å². The van der Waals surface area contributed by atoms with E-state index < -0.39 is 0 Å². The molecule has 0 spiro atoms. The van der Waals surface area contributed by atoms with Gasteiger partial charge >= 0.3 is 0 Å². The Morgan fingerprint density at radius 3 is 2.14 bits per heavy atom. The molecule has 0 atom stereocenters. The molecule has 3 nitrogen and oxygen atoms in total. The third-order valence-electron chi connectivity index (χ3n) is 4.56. The van der Waals surface area contributed by atoms with Crippen molar-refractivity contribution < 1.29 is 4.79 Å². The minimum absolute atomic E-state index is 0.533. The van der Waals surface area contributed by atoms with Crippen LogP contribution < -0.4 is 4.90 Å². The monoisotopic (exact) mass is 286 g/mol. The molecule has 1 aromatic rings. The second-order valence-electron chi connectivity index (χ2n) is 6.28. The fourth-order valence-electron chi connectivity index (χ4n) is 3.28. The molecule has 1 aliphatic heterocycles. The van der Waals surface area contributed by atoms with Crippen molar-refractivity contribution in [1.29, 1.82) is 0 Å². The van der Waals surface area contributed by atoms with E-state index in [1.54, 1.807) is 6.08 Å². The van der Waals surface area contributed by atoms with E-state index in [4.69, 9.17) is 0 Å². The van der Waals surface area contributed by atoms with Crippen molar-refractivity contribution in [2.24, 2.45) is 10.4 Å². The topological polar surface area (TPSA) is 32.7 Å². The third-order valence-corrected chi connectivity index (χ3v) is 4.56. The summed E-state index contributed by atoms with van der Waals surface area (Å²) in [6.45, 7) is 6.89. The average molecular weight is 286 g/mol. The van der Waals surface area contributed by atoms with Crippen LogP contribution in [0.15, 0.2) is 29.3 Å². The molecule has 114 valence electrons. The van der Waals surface area contributed by atoms with E-state index in [2.05, 4.69) is 35.9 Å². The first kappa shape index (κ1) is 15.8. The number of anilines is 1. The molecule has 2 rings (SSSR count). The molecular weight excluding hydrogens is 260 g/mol. The van der Waals surface area contributed by atoms with Crippen molar-refractivity contribution in [2.75, 3.05) is 18.0 Å². The highest BCUT2D eigenvalue weighted by Gasteiger charge is 2.41. The van der Waals surface area contributed by atoms with E-state index >= 15 is 0 Å². The second-order valence-corrected chi connectivity index (χ2v) is 6.28. The summed E-state index contributed by atoms with van der Waals surface area (Å²) in [5.74, 6) is 0. The summed E-state index contributed by atoms with van der Waals surface area (Å²) in [5, 5.41) is 0. The van der Waals surface area contributed by atoms with Crippen molar-refractivity contribution in [3.63, 3.8) is 0 Å². The molecule has 0 radical (unpaired) electrons. The Balaban J connectivity index is 1.96. The van der Waals surface area contributed by atoms with Gasteiger partial charge in [-0.1, -0.05) is 39.5 Å². The maximum Gasteiger partial charge on any atom is 0.240 e. The molecule has 0 unspecified atom stereocenters. The lowest BCUT2D eigenvalue weighted by Crippen LogP contribution is -2.56. The molecule has 1 heterocycles. The van der Waals surface area contributed by atoms with Gasteiger partial charge < -0.3 is 4.90 Å². The van der Waals surface area contributed by atoms with Gasteiger partial charge in [0.05, 0.1) is 5.69 Å². The summed E-state index contributed by atoms with van der Waals surface area (Å²) < 4.78 is 0. The van der Waals surface area contributed by atoms with Gasteiger partial charge in [-0.2, -0.15) is 4.99 Å². The molecule has 1 aromatic carbocycles. The van der Waals surface area contributed by atoms with Crippen LogP contribution in [0.4, 0.5) is 11.4 Å². The van der Waals surface area contributed by atoms with Crippen LogP contribution in [0.25, 0.3) is 0 Å². The summed E-state index contributed by atoms with van der Waals surface area (Å²) in [4.78, 5) is 16.3. The maximum absolute atomic E-state index is 10.2. The van der Waals surface area contributed by atoms with E-state index in [1.165, 1.54) is 57.3 Å². The molecule has 0 amide bonds. The molecule has 1 aliphatic rings. The van der Waals surface area contributed by atoms with Crippen LogP contribution in [-0.4, -0.2) is 19.2 Å². The van der Waals surface area contributed by atoms with E-state index in [9.17, 15) is 4.79 Å². The van der Waals surface area contributed by atoms with Gasteiger partial charge in [0.15, 0.2) is 0 Å². The number of isocyanates is 1. The van der Waals surface area contributed by atoms with E-state index in [0.29, 0.717) is 11.1 Å². The van der Waals surface area contributed by atoms with Crippen LogP contribution >= 0.6 is 0 Å². The number of unbranched alkanes of at least 4 members (excludes halogenated alkanes) is 2. The standard InChI is InChI=1S/C18H26N2O/c1-3-5-11-18(12-6-4-2)13-20(14-18)17-9-7-16(8-10-17)19-15-21/h7-10H,3-6,11-14H2,1-2H3. The fourth-order valence-corrected chi connectivity index (χ4v) is 3.28. The lowest BCUT2D eigenvalue weighted by molar-refractivity contribution is 0.167. The normalized spacial score (nSPS) is 16.2. The molecule has 0 aromatic heterocycles. The molecule has 0 saturated carbocycles. The predicted octanol–water partition coefficient (Wildman–Crippen LogP) is 4.84. The first-order valence-corrected chi connectivity index (χ1v) is 8.16. The number of carbonyl (C=O) groups excluding carboxylic acids is 1. The summed E-state index contributed by atoms with van der Waals surface area (Å²) in [5.41, 5.74) is 2.45. The molecule has 3 heteroatoms. The summed E-state index contributed by atoms with van der Waals surface area (Å²) >= 11 is 0.